The van der Waals surface area contributed by atoms with Gasteiger partial charge in [-0.05, 0) is 130 Å². The molecule has 1 atom stereocenters. The second-order valence-corrected chi connectivity index (χ2v) is 14.8. The first kappa shape index (κ1) is 31.7. The number of aliphatic imine (C=N–C) groups is 1. The van der Waals surface area contributed by atoms with Crippen LogP contribution < -0.4 is 16.2 Å². The topological polar surface area (TPSA) is 51.5 Å². The summed E-state index contributed by atoms with van der Waals surface area (Å²) in [5.74, 6) is 2.14. The minimum atomic E-state index is -0.444. The molecule has 1 aromatic heterocycles. The van der Waals surface area contributed by atoms with Gasteiger partial charge in [0.1, 0.15) is 17.7 Å². The van der Waals surface area contributed by atoms with Crippen molar-refractivity contribution in [3.63, 3.8) is 0 Å². The van der Waals surface area contributed by atoms with E-state index in [4.69, 9.17) is 10.2 Å². The zero-order chi connectivity index (χ0) is 36.6. The predicted octanol–water partition coefficient (Wildman–Crippen LogP) is 11.5. The Bertz CT molecular complexity index is 3300. The van der Waals surface area contributed by atoms with Gasteiger partial charge in [-0.25, -0.2) is 0 Å². The summed E-state index contributed by atoms with van der Waals surface area (Å²) in [5, 5.41) is 15.1. The molecule has 2 aliphatic carbocycles. The molecule has 0 aliphatic heterocycles. The van der Waals surface area contributed by atoms with E-state index in [1.807, 2.05) is 12.1 Å². The predicted molar refractivity (Wildman–Crippen MR) is 233 cm³/mol. The molecule has 11 rings (SSSR count). The van der Waals surface area contributed by atoms with Gasteiger partial charge in [0.15, 0.2) is 0 Å². The zero-order valence-electron chi connectivity index (χ0n) is 30.2. The third-order valence-electron chi connectivity index (χ3n) is 11.7. The molecule has 2 aliphatic rings. The van der Waals surface area contributed by atoms with Gasteiger partial charge in [0.2, 0.25) is 0 Å². The minimum Gasteiger partial charge on any atom is -0.464 e. The normalized spacial score (nSPS) is 13.9. The number of fused-ring (bicyclic) bond motifs is 9. The number of hydrogen-bond donors (Lipinski definition) is 1. The van der Waals surface area contributed by atoms with Crippen molar-refractivity contribution in [1.29, 1.82) is 0 Å². The van der Waals surface area contributed by atoms with Crippen molar-refractivity contribution in [3.8, 4) is 33.4 Å². The summed E-state index contributed by atoms with van der Waals surface area (Å²) in [6.45, 7) is 3.65. The summed E-state index contributed by atoms with van der Waals surface area (Å²) >= 11 is 0. The molecule has 0 bridgehead atoms. The van der Waals surface area contributed by atoms with E-state index in [-0.39, 0.29) is 0 Å². The molecule has 0 radical (unpaired) electrons. The highest BCUT2D eigenvalue weighted by Gasteiger charge is 2.20. The largest absolute Gasteiger partial charge is 0.464 e. The van der Waals surface area contributed by atoms with Gasteiger partial charge < -0.3 is 10.2 Å². The number of allylic oxidation sites excluding steroid dienone is 4. The lowest BCUT2D eigenvalue weighted by molar-refractivity contribution is 0.491. The average molecular weight is 705 g/mol. The van der Waals surface area contributed by atoms with Gasteiger partial charge in [-0.3, -0.25) is 4.99 Å². The Morgan fingerprint density at radius 2 is 0.945 bits per heavy atom. The van der Waals surface area contributed by atoms with Crippen molar-refractivity contribution in [2.45, 2.75) is 19.0 Å². The standard InChI is InChI=1S/C52H36N2O/c1-54-52(53)37-13-9-12-33(27-37)31-10-8-11-32(26-31)34-20-23-40-38-14-2-3-15-39(38)41-24-21-36(30-47(41)46(40)29-34)35-22-25-42-43-16-4-6-18-48-50(43)51-44(45(42)28-35)17-5-7-19-49(51)55-48/h2-17,20-30,52H,1,18-19,53H2. The molecule has 3 nitrogen and oxygen atoms in total. The van der Waals surface area contributed by atoms with Crippen molar-refractivity contribution in [2.75, 3.05) is 0 Å². The zero-order valence-corrected chi connectivity index (χ0v) is 30.2. The molecule has 8 aromatic carbocycles. The molecule has 0 saturated heterocycles. The Morgan fingerprint density at radius 1 is 0.473 bits per heavy atom. The summed E-state index contributed by atoms with van der Waals surface area (Å²) in [7, 11) is 0. The van der Waals surface area contributed by atoms with Crippen LogP contribution in [-0.2, 0) is 12.8 Å². The summed E-state index contributed by atoms with van der Waals surface area (Å²) < 4.78 is 6.53. The van der Waals surface area contributed by atoms with Gasteiger partial charge in [-0.15, -0.1) is 0 Å². The van der Waals surface area contributed by atoms with Crippen LogP contribution >= 0.6 is 0 Å². The van der Waals surface area contributed by atoms with Crippen molar-refractivity contribution in [3.05, 3.63) is 179 Å². The van der Waals surface area contributed by atoms with Crippen LogP contribution in [0.5, 0.6) is 0 Å². The third-order valence-corrected chi connectivity index (χ3v) is 11.7. The fourth-order valence-electron chi connectivity index (χ4n) is 9.06. The second-order valence-electron chi connectivity index (χ2n) is 14.8. The number of nitrogens with zero attached hydrogens (tertiary/aromatic N) is 1. The number of nitrogens with two attached hydrogens (primary N) is 1. The van der Waals surface area contributed by atoms with E-state index in [0.29, 0.717) is 0 Å². The number of furan rings is 1. The van der Waals surface area contributed by atoms with Gasteiger partial charge in [0.05, 0.1) is 0 Å². The van der Waals surface area contributed by atoms with E-state index in [1.165, 1.54) is 81.0 Å². The number of hydrogen-bond acceptors (Lipinski definition) is 3. The molecule has 1 heterocycles. The van der Waals surface area contributed by atoms with Gasteiger partial charge in [0, 0.05) is 23.6 Å². The molecule has 9 aromatic rings. The van der Waals surface area contributed by atoms with E-state index >= 15 is 0 Å². The maximum Gasteiger partial charge on any atom is 0.122 e. The quantitative estimate of drug-likeness (QED) is 0.143. The first-order valence-electron chi connectivity index (χ1n) is 19.0. The highest BCUT2D eigenvalue weighted by atomic mass is 16.3. The molecule has 0 amide bonds. The number of rotatable bonds is 5. The Kier molecular flexibility index (Phi) is 7.13. The van der Waals surface area contributed by atoms with Crippen molar-refractivity contribution in [1.82, 2.24) is 0 Å². The lowest BCUT2D eigenvalue weighted by Gasteiger charge is -2.14. The monoisotopic (exact) mass is 704 g/mol. The summed E-state index contributed by atoms with van der Waals surface area (Å²) in [6.07, 6.45) is 14.5. The van der Waals surface area contributed by atoms with Crippen molar-refractivity contribution in [2.24, 2.45) is 10.7 Å². The van der Waals surface area contributed by atoms with Gasteiger partial charge in [-0.2, -0.15) is 0 Å². The SMILES string of the molecule is C=NC(N)c1cccc(-c2cccc(-c3ccc4c5ccccc5c5ccc(-c6ccc7c8c9c(oc%10c9c(c7c6)=CC=CC%10)CC=CC=8)cc5c4c3)c2)c1. The molecule has 55 heavy (non-hydrogen) atoms. The fraction of sp³-hybridized carbons (Fsp3) is 0.0577. The van der Waals surface area contributed by atoms with E-state index in [2.05, 4.69) is 163 Å². The van der Waals surface area contributed by atoms with Crippen LogP contribution in [0.2, 0.25) is 0 Å². The van der Waals surface area contributed by atoms with E-state index in [9.17, 15) is 0 Å². The lowest BCUT2D eigenvalue weighted by Crippen LogP contribution is -2.14. The third kappa shape index (κ3) is 4.97. The molecule has 0 spiro atoms. The molecule has 1 unspecified atom stereocenters. The van der Waals surface area contributed by atoms with Crippen molar-refractivity contribution < 1.29 is 4.42 Å². The minimum absolute atomic E-state index is 0.444. The molecule has 3 heteroatoms. The van der Waals surface area contributed by atoms with Crippen LogP contribution in [0.4, 0.5) is 0 Å². The molecular formula is C52H36N2O. The summed E-state index contributed by atoms with van der Waals surface area (Å²) in [4.78, 5) is 4.03. The Balaban J connectivity index is 1.11. The maximum atomic E-state index is 6.53. The molecule has 2 N–H and O–H groups in total. The summed E-state index contributed by atoms with van der Waals surface area (Å²) in [6, 6.07) is 46.8. The van der Waals surface area contributed by atoms with Crippen LogP contribution in [0, 0.1) is 0 Å². The first-order valence-corrected chi connectivity index (χ1v) is 19.0. The van der Waals surface area contributed by atoms with Crippen LogP contribution in [0.3, 0.4) is 0 Å². The average Bonchev–Trinajstić information content (AvgIpc) is 3.35. The first-order chi connectivity index (χ1) is 27.1. The smallest absolute Gasteiger partial charge is 0.122 e. The Hall–Kier alpha value is -6.81. The van der Waals surface area contributed by atoms with E-state index in [0.717, 1.165) is 46.6 Å². The highest BCUT2D eigenvalue weighted by molar-refractivity contribution is 6.26. The maximum absolute atomic E-state index is 6.53. The van der Waals surface area contributed by atoms with Crippen LogP contribution in [-0.4, -0.2) is 6.72 Å². The van der Waals surface area contributed by atoms with Crippen LogP contribution in [0.25, 0.3) is 99.4 Å². The number of benzene rings is 8. The summed E-state index contributed by atoms with van der Waals surface area (Å²) in [5.41, 5.74) is 14.1. The molecular weight excluding hydrogens is 669 g/mol. The van der Waals surface area contributed by atoms with Crippen LogP contribution in [0.1, 0.15) is 23.2 Å². The van der Waals surface area contributed by atoms with E-state index in [1.54, 1.807) is 0 Å². The highest BCUT2D eigenvalue weighted by Crippen LogP contribution is 2.40. The van der Waals surface area contributed by atoms with Gasteiger partial charge >= 0.3 is 0 Å². The van der Waals surface area contributed by atoms with E-state index < -0.39 is 6.17 Å². The van der Waals surface area contributed by atoms with Crippen molar-refractivity contribution >= 4 is 72.7 Å². The Labute approximate surface area is 318 Å². The molecule has 0 saturated carbocycles. The fourth-order valence-corrected chi connectivity index (χ4v) is 9.06. The van der Waals surface area contributed by atoms with Gasteiger partial charge in [-0.1, -0.05) is 134 Å². The van der Waals surface area contributed by atoms with Crippen LogP contribution in [0.15, 0.2) is 161 Å². The lowest BCUT2D eigenvalue weighted by atomic mass is 9.89. The molecule has 0 fully saturated rings. The molecule has 260 valence electrons. The Morgan fingerprint density at radius 3 is 1.53 bits per heavy atom. The second kappa shape index (κ2) is 12.4. The van der Waals surface area contributed by atoms with Gasteiger partial charge in [0.25, 0.3) is 0 Å².